The Hall–Kier alpha value is -2.32. The maximum absolute atomic E-state index is 12.1. The molecule has 0 radical (unpaired) electrons. The summed E-state index contributed by atoms with van der Waals surface area (Å²) < 4.78 is 2.05. The van der Waals surface area contributed by atoms with Crippen molar-refractivity contribution in [3.05, 3.63) is 40.5 Å². The van der Waals surface area contributed by atoms with Crippen molar-refractivity contribution < 1.29 is 14.7 Å². The van der Waals surface area contributed by atoms with Gasteiger partial charge in [-0.1, -0.05) is 0 Å². The summed E-state index contributed by atoms with van der Waals surface area (Å²) in [7, 11) is 0. The molecular weight excluding hydrogens is 298 g/mol. The highest BCUT2D eigenvalue weighted by Gasteiger charge is 2.17. The van der Waals surface area contributed by atoms with Gasteiger partial charge in [-0.3, -0.25) is 4.79 Å². The number of hydrogen-bond acceptors (Lipinski definition) is 6. The van der Waals surface area contributed by atoms with Crippen LogP contribution in [0.5, 0.6) is 0 Å². The van der Waals surface area contributed by atoms with Crippen LogP contribution in [0.25, 0.3) is 9.40 Å². The number of anilines is 1. The van der Waals surface area contributed by atoms with Gasteiger partial charge in [0.25, 0.3) is 5.91 Å². The van der Waals surface area contributed by atoms with E-state index in [9.17, 15) is 9.59 Å². The van der Waals surface area contributed by atoms with Crippen LogP contribution in [0.3, 0.4) is 0 Å². The molecule has 20 heavy (non-hydrogen) atoms. The largest absolute Gasteiger partial charge is 0.476 e. The van der Waals surface area contributed by atoms with E-state index in [4.69, 9.17) is 5.11 Å². The molecule has 0 unspecified atom stereocenters. The van der Waals surface area contributed by atoms with Crippen LogP contribution in [-0.2, 0) is 0 Å². The van der Waals surface area contributed by atoms with Crippen LogP contribution in [0, 0.1) is 0 Å². The normalized spacial score (nSPS) is 10.6. The Balaban J connectivity index is 1.89. The average molecular weight is 305 g/mol. The number of aromatic nitrogens is 2. The van der Waals surface area contributed by atoms with Gasteiger partial charge >= 0.3 is 5.97 Å². The summed E-state index contributed by atoms with van der Waals surface area (Å²) in [5.74, 6) is -1.68. The van der Waals surface area contributed by atoms with Crippen LogP contribution < -0.4 is 5.32 Å². The minimum Gasteiger partial charge on any atom is -0.476 e. The third-order valence-corrected chi connectivity index (χ3v) is 4.59. The van der Waals surface area contributed by atoms with Crippen molar-refractivity contribution in [1.82, 2.24) is 9.97 Å². The minimum absolute atomic E-state index is 0.0539. The van der Waals surface area contributed by atoms with Gasteiger partial charge in [0.2, 0.25) is 0 Å². The number of nitrogens with one attached hydrogen (secondary N) is 1. The Morgan fingerprint density at radius 2 is 2.00 bits per heavy atom. The molecule has 1 amide bonds. The van der Waals surface area contributed by atoms with Gasteiger partial charge in [-0.05, 0) is 17.5 Å². The Morgan fingerprint density at radius 1 is 1.20 bits per heavy atom. The molecule has 0 aliphatic carbocycles. The molecule has 0 atom stereocenters. The second-order valence-electron chi connectivity index (χ2n) is 3.77. The van der Waals surface area contributed by atoms with Gasteiger partial charge in [-0.15, -0.1) is 22.7 Å². The molecule has 0 saturated carbocycles. The monoisotopic (exact) mass is 305 g/mol. The molecule has 100 valence electrons. The fraction of sp³-hybridized carbons (Fsp3) is 0. The molecule has 3 rings (SSSR count). The number of rotatable bonds is 3. The third kappa shape index (κ3) is 2.26. The van der Waals surface area contributed by atoms with E-state index in [1.807, 2.05) is 11.4 Å². The van der Waals surface area contributed by atoms with E-state index in [-0.39, 0.29) is 17.4 Å². The van der Waals surface area contributed by atoms with Gasteiger partial charge in [0.1, 0.15) is 0 Å². The van der Waals surface area contributed by atoms with Crippen LogP contribution in [0.15, 0.2) is 29.9 Å². The van der Waals surface area contributed by atoms with Gasteiger partial charge in [0.05, 0.1) is 4.88 Å². The SMILES string of the molecule is O=C(Nc1nccnc1C(=O)O)c1cc2sccc2s1. The number of carboxylic acid groups (broad SMARTS) is 1. The molecule has 6 nitrogen and oxygen atoms in total. The van der Waals surface area contributed by atoms with Crippen molar-refractivity contribution in [2.24, 2.45) is 0 Å². The maximum atomic E-state index is 12.1. The Kier molecular flexibility index (Phi) is 3.17. The number of carbonyl (C=O) groups is 2. The topological polar surface area (TPSA) is 92.2 Å². The van der Waals surface area contributed by atoms with Crippen molar-refractivity contribution in [3.63, 3.8) is 0 Å². The molecule has 0 fully saturated rings. The number of carbonyl (C=O) groups excluding carboxylic acids is 1. The fourth-order valence-corrected chi connectivity index (χ4v) is 3.64. The van der Waals surface area contributed by atoms with E-state index in [0.717, 1.165) is 9.40 Å². The summed E-state index contributed by atoms with van der Waals surface area (Å²) >= 11 is 2.90. The van der Waals surface area contributed by atoms with Crippen molar-refractivity contribution in [3.8, 4) is 0 Å². The first kappa shape index (κ1) is 12.7. The highest BCUT2D eigenvalue weighted by atomic mass is 32.1. The zero-order valence-corrected chi connectivity index (χ0v) is 11.5. The molecule has 0 aromatic carbocycles. The quantitative estimate of drug-likeness (QED) is 0.776. The number of nitrogens with zero attached hydrogens (tertiary/aromatic N) is 2. The average Bonchev–Trinajstić information content (AvgIpc) is 2.99. The van der Waals surface area contributed by atoms with Crippen LogP contribution in [-0.4, -0.2) is 27.0 Å². The number of amides is 1. The Morgan fingerprint density at radius 3 is 2.75 bits per heavy atom. The first-order valence-electron chi connectivity index (χ1n) is 5.48. The lowest BCUT2D eigenvalue weighted by Crippen LogP contribution is -2.16. The van der Waals surface area contributed by atoms with Crippen molar-refractivity contribution in [2.75, 3.05) is 5.32 Å². The number of fused-ring (bicyclic) bond motifs is 1. The van der Waals surface area contributed by atoms with E-state index in [1.54, 1.807) is 17.4 Å². The summed E-state index contributed by atoms with van der Waals surface area (Å²) in [6.07, 6.45) is 2.59. The zero-order chi connectivity index (χ0) is 14.1. The minimum atomic E-state index is -1.24. The van der Waals surface area contributed by atoms with Crippen molar-refractivity contribution >= 4 is 49.8 Å². The molecule has 0 bridgehead atoms. The van der Waals surface area contributed by atoms with E-state index < -0.39 is 5.97 Å². The molecular formula is C12H7N3O3S2. The van der Waals surface area contributed by atoms with Gasteiger partial charge < -0.3 is 10.4 Å². The number of hydrogen-bond donors (Lipinski definition) is 2. The summed E-state index contributed by atoms with van der Waals surface area (Å²) in [6, 6.07) is 3.71. The molecule has 3 heterocycles. The number of carboxylic acids is 1. The Bertz CT molecular complexity index is 781. The summed E-state index contributed by atoms with van der Waals surface area (Å²) in [5, 5.41) is 13.4. The summed E-state index contributed by atoms with van der Waals surface area (Å²) in [5.41, 5.74) is -0.279. The van der Waals surface area contributed by atoms with E-state index in [2.05, 4.69) is 15.3 Å². The molecule has 3 aromatic rings. The number of thiophene rings is 2. The lowest BCUT2D eigenvalue weighted by atomic mass is 10.3. The molecule has 3 aromatic heterocycles. The summed E-state index contributed by atoms with van der Waals surface area (Å²) in [4.78, 5) is 31.1. The highest BCUT2D eigenvalue weighted by molar-refractivity contribution is 7.27. The van der Waals surface area contributed by atoms with Crippen molar-refractivity contribution in [1.29, 1.82) is 0 Å². The lowest BCUT2D eigenvalue weighted by molar-refractivity contribution is 0.0691. The molecule has 2 N–H and O–H groups in total. The third-order valence-electron chi connectivity index (χ3n) is 2.50. The van der Waals surface area contributed by atoms with E-state index in [1.165, 1.54) is 23.7 Å². The predicted molar refractivity (Wildman–Crippen MR) is 76.6 cm³/mol. The van der Waals surface area contributed by atoms with Crippen LogP contribution in [0.4, 0.5) is 5.82 Å². The standard InChI is InChI=1S/C12H7N3O3S2/c16-11(8-5-7-6(20-8)1-4-19-7)15-10-9(12(17)18)13-2-3-14-10/h1-5H,(H,17,18)(H,14,15,16). The molecule has 0 spiro atoms. The first-order valence-corrected chi connectivity index (χ1v) is 7.17. The fourth-order valence-electron chi connectivity index (χ4n) is 1.63. The Labute approximate surface area is 120 Å². The van der Waals surface area contributed by atoms with Crippen LogP contribution in [0.2, 0.25) is 0 Å². The highest BCUT2D eigenvalue weighted by Crippen LogP contribution is 2.30. The smallest absolute Gasteiger partial charge is 0.358 e. The van der Waals surface area contributed by atoms with Gasteiger partial charge in [0, 0.05) is 21.8 Å². The molecule has 8 heteroatoms. The second kappa shape index (κ2) is 4.99. The molecule has 0 saturated heterocycles. The number of aromatic carboxylic acids is 1. The maximum Gasteiger partial charge on any atom is 0.358 e. The zero-order valence-electron chi connectivity index (χ0n) is 9.86. The van der Waals surface area contributed by atoms with Gasteiger partial charge in [0.15, 0.2) is 11.5 Å². The molecule has 0 aliphatic rings. The van der Waals surface area contributed by atoms with Crippen LogP contribution in [0.1, 0.15) is 20.2 Å². The second-order valence-corrected chi connectivity index (χ2v) is 5.80. The summed E-state index contributed by atoms with van der Waals surface area (Å²) in [6.45, 7) is 0. The lowest BCUT2D eigenvalue weighted by Gasteiger charge is -2.04. The van der Waals surface area contributed by atoms with Crippen LogP contribution >= 0.6 is 22.7 Å². The molecule has 0 aliphatic heterocycles. The van der Waals surface area contributed by atoms with Crippen molar-refractivity contribution in [2.45, 2.75) is 0 Å². The van der Waals surface area contributed by atoms with Gasteiger partial charge in [-0.25, -0.2) is 14.8 Å². The van der Waals surface area contributed by atoms with Gasteiger partial charge in [-0.2, -0.15) is 0 Å². The predicted octanol–water partition coefficient (Wildman–Crippen LogP) is 2.70. The first-order chi connectivity index (χ1) is 9.65. The van der Waals surface area contributed by atoms with E-state index >= 15 is 0 Å². The van der Waals surface area contributed by atoms with E-state index in [0.29, 0.717) is 4.88 Å².